The molecule has 2 N–H and O–H groups in total. The Morgan fingerprint density at radius 2 is 1.96 bits per heavy atom. The van der Waals surface area contributed by atoms with Gasteiger partial charge in [0, 0.05) is 30.6 Å². The first-order valence-electron chi connectivity index (χ1n) is 8.25. The highest BCUT2D eigenvalue weighted by Crippen LogP contribution is 2.31. The van der Waals surface area contributed by atoms with Crippen LogP contribution in [0.5, 0.6) is 5.75 Å². The third-order valence-corrected chi connectivity index (χ3v) is 4.20. The molecule has 0 aliphatic rings. The van der Waals surface area contributed by atoms with Crippen LogP contribution >= 0.6 is 0 Å². The number of nitrogens with zero attached hydrogens (tertiary/aromatic N) is 2. The van der Waals surface area contributed by atoms with Gasteiger partial charge in [0.2, 0.25) is 0 Å². The van der Waals surface area contributed by atoms with Gasteiger partial charge in [0.05, 0.1) is 12.3 Å². The fourth-order valence-corrected chi connectivity index (χ4v) is 2.88. The smallest absolute Gasteiger partial charge is 0.119 e. The Balaban J connectivity index is 2.42. The van der Waals surface area contributed by atoms with Gasteiger partial charge in [-0.05, 0) is 43.2 Å². The molecule has 2 aromatic rings. The molecule has 23 heavy (non-hydrogen) atoms. The van der Waals surface area contributed by atoms with Crippen LogP contribution in [0.1, 0.15) is 56.1 Å². The second kappa shape index (κ2) is 6.75. The molecule has 1 aromatic heterocycles. The van der Waals surface area contributed by atoms with Crippen molar-refractivity contribution in [1.29, 1.82) is 0 Å². The first kappa shape index (κ1) is 17.5. The van der Waals surface area contributed by atoms with E-state index in [0.29, 0.717) is 13.2 Å². The summed E-state index contributed by atoms with van der Waals surface area (Å²) in [6.45, 7) is 11.9. The van der Waals surface area contributed by atoms with E-state index in [1.54, 1.807) is 0 Å². The molecule has 0 bridgehead atoms. The molecule has 1 unspecified atom stereocenters. The molecule has 0 radical (unpaired) electrons. The maximum Gasteiger partial charge on any atom is 0.119 e. The minimum atomic E-state index is 0.0308. The topological polar surface area (TPSA) is 53.1 Å². The Morgan fingerprint density at radius 1 is 1.26 bits per heavy atom. The molecule has 0 spiro atoms. The largest absolute Gasteiger partial charge is 0.494 e. The summed E-state index contributed by atoms with van der Waals surface area (Å²) < 4.78 is 7.55. The van der Waals surface area contributed by atoms with Gasteiger partial charge in [0.25, 0.3) is 0 Å². The van der Waals surface area contributed by atoms with Crippen molar-refractivity contribution in [2.24, 2.45) is 12.8 Å². The fraction of sp³-hybridized carbons (Fsp3) is 0.526. The fourth-order valence-electron chi connectivity index (χ4n) is 2.88. The Morgan fingerprint density at radius 3 is 2.43 bits per heavy atom. The molecule has 2 rings (SSSR count). The standard InChI is InChI=1S/C19H29N3O/c1-7-23-14-8-9-15(13(2)10-14)16(12-20)17-11-18(19(3,4)5)21-22(17)6/h8-11,16H,7,12,20H2,1-6H3. The highest BCUT2D eigenvalue weighted by atomic mass is 16.5. The van der Waals surface area contributed by atoms with Crippen molar-refractivity contribution >= 4 is 0 Å². The van der Waals surface area contributed by atoms with Crippen LogP contribution in [-0.2, 0) is 12.5 Å². The van der Waals surface area contributed by atoms with Crippen molar-refractivity contribution in [2.75, 3.05) is 13.2 Å². The molecule has 0 amide bonds. The van der Waals surface area contributed by atoms with Crippen molar-refractivity contribution in [2.45, 2.75) is 46.0 Å². The molecule has 0 fully saturated rings. The predicted octanol–water partition coefficient (Wildman–Crippen LogP) is 3.52. The van der Waals surface area contributed by atoms with Crippen LogP contribution in [0.15, 0.2) is 24.3 Å². The number of aryl methyl sites for hydroxylation is 2. The Kier molecular flexibility index (Phi) is 5.15. The minimum Gasteiger partial charge on any atom is -0.494 e. The van der Waals surface area contributed by atoms with E-state index in [1.165, 1.54) is 11.1 Å². The average Bonchev–Trinajstić information content (AvgIpc) is 2.84. The van der Waals surface area contributed by atoms with E-state index in [9.17, 15) is 0 Å². The van der Waals surface area contributed by atoms with Gasteiger partial charge in [0.15, 0.2) is 0 Å². The zero-order chi connectivity index (χ0) is 17.2. The van der Waals surface area contributed by atoms with Gasteiger partial charge in [-0.2, -0.15) is 5.10 Å². The molecular weight excluding hydrogens is 286 g/mol. The SMILES string of the molecule is CCOc1ccc(C(CN)c2cc(C(C)(C)C)nn2C)c(C)c1. The lowest BCUT2D eigenvalue weighted by atomic mass is 9.88. The molecule has 0 saturated carbocycles. The van der Waals surface area contributed by atoms with Gasteiger partial charge in [-0.1, -0.05) is 26.8 Å². The summed E-state index contributed by atoms with van der Waals surface area (Å²) in [6, 6.07) is 8.42. The number of nitrogens with two attached hydrogens (primary N) is 1. The third kappa shape index (κ3) is 3.75. The molecular formula is C19H29N3O. The first-order valence-corrected chi connectivity index (χ1v) is 8.25. The number of ether oxygens (including phenoxy) is 1. The molecule has 4 heteroatoms. The number of benzene rings is 1. The van der Waals surface area contributed by atoms with Gasteiger partial charge in [-0.15, -0.1) is 0 Å². The summed E-state index contributed by atoms with van der Waals surface area (Å²) in [5, 5.41) is 4.69. The molecule has 4 nitrogen and oxygen atoms in total. The second-order valence-electron chi connectivity index (χ2n) is 7.07. The molecule has 0 aliphatic heterocycles. The Hall–Kier alpha value is -1.81. The van der Waals surface area contributed by atoms with Gasteiger partial charge >= 0.3 is 0 Å². The van der Waals surface area contributed by atoms with Gasteiger partial charge in [-0.3, -0.25) is 4.68 Å². The summed E-state index contributed by atoms with van der Waals surface area (Å²) in [4.78, 5) is 0. The van der Waals surface area contributed by atoms with E-state index in [-0.39, 0.29) is 11.3 Å². The lowest BCUT2D eigenvalue weighted by Gasteiger charge is -2.19. The molecule has 1 heterocycles. The summed E-state index contributed by atoms with van der Waals surface area (Å²) in [7, 11) is 2.00. The number of rotatable bonds is 5. The van der Waals surface area contributed by atoms with Crippen molar-refractivity contribution in [1.82, 2.24) is 9.78 Å². The first-order chi connectivity index (χ1) is 10.8. The molecule has 1 atom stereocenters. The zero-order valence-electron chi connectivity index (χ0n) is 15.2. The summed E-state index contributed by atoms with van der Waals surface area (Å²) in [5.74, 6) is 1.05. The van der Waals surface area contributed by atoms with E-state index in [2.05, 4.69) is 51.0 Å². The van der Waals surface area contributed by atoms with Crippen LogP contribution < -0.4 is 10.5 Å². The van der Waals surface area contributed by atoms with Gasteiger partial charge < -0.3 is 10.5 Å². The molecule has 1 aromatic carbocycles. The van der Waals surface area contributed by atoms with E-state index < -0.39 is 0 Å². The lowest BCUT2D eigenvalue weighted by molar-refractivity contribution is 0.340. The van der Waals surface area contributed by atoms with Crippen LogP contribution in [0.2, 0.25) is 0 Å². The van der Waals surface area contributed by atoms with Crippen LogP contribution in [0, 0.1) is 6.92 Å². The maximum absolute atomic E-state index is 6.12. The monoisotopic (exact) mass is 315 g/mol. The summed E-state index contributed by atoms with van der Waals surface area (Å²) >= 11 is 0. The van der Waals surface area contributed by atoms with Crippen molar-refractivity contribution in [3.05, 3.63) is 46.8 Å². The highest BCUT2D eigenvalue weighted by Gasteiger charge is 2.24. The third-order valence-electron chi connectivity index (χ3n) is 4.20. The predicted molar refractivity (Wildman–Crippen MR) is 95.2 cm³/mol. The van der Waals surface area contributed by atoms with Crippen molar-refractivity contribution in [3.63, 3.8) is 0 Å². The second-order valence-corrected chi connectivity index (χ2v) is 7.07. The summed E-state index contributed by atoms with van der Waals surface area (Å²) in [6.07, 6.45) is 0. The normalized spacial score (nSPS) is 13.2. The number of aromatic nitrogens is 2. The van der Waals surface area contributed by atoms with Gasteiger partial charge in [-0.25, -0.2) is 0 Å². The maximum atomic E-state index is 6.12. The molecule has 126 valence electrons. The summed E-state index contributed by atoms with van der Waals surface area (Å²) in [5.41, 5.74) is 10.8. The number of hydrogen-bond donors (Lipinski definition) is 1. The molecule has 0 saturated heterocycles. The van der Waals surface area contributed by atoms with E-state index in [4.69, 9.17) is 10.5 Å². The zero-order valence-corrected chi connectivity index (χ0v) is 15.2. The van der Waals surface area contributed by atoms with Crippen LogP contribution in [0.4, 0.5) is 0 Å². The van der Waals surface area contributed by atoms with Crippen LogP contribution in [0.3, 0.4) is 0 Å². The van der Waals surface area contributed by atoms with E-state index in [0.717, 1.165) is 17.1 Å². The van der Waals surface area contributed by atoms with Crippen molar-refractivity contribution in [3.8, 4) is 5.75 Å². The van der Waals surface area contributed by atoms with Gasteiger partial charge in [0.1, 0.15) is 5.75 Å². The van der Waals surface area contributed by atoms with Crippen LogP contribution in [0.25, 0.3) is 0 Å². The molecule has 0 aliphatic carbocycles. The number of hydrogen-bond acceptors (Lipinski definition) is 3. The van der Waals surface area contributed by atoms with E-state index >= 15 is 0 Å². The highest BCUT2D eigenvalue weighted by molar-refractivity contribution is 5.41. The Labute approximate surface area is 139 Å². The lowest BCUT2D eigenvalue weighted by Crippen LogP contribution is -2.18. The van der Waals surface area contributed by atoms with Crippen molar-refractivity contribution < 1.29 is 4.74 Å². The minimum absolute atomic E-state index is 0.0308. The quantitative estimate of drug-likeness (QED) is 0.918. The Bertz CT molecular complexity index is 668. The average molecular weight is 315 g/mol. The van der Waals surface area contributed by atoms with Crippen LogP contribution in [-0.4, -0.2) is 22.9 Å². The van der Waals surface area contributed by atoms with E-state index in [1.807, 2.05) is 24.7 Å².